The third kappa shape index (κ3) is 12.7. The van der Waals surface area contributed by atoms with Gasteiger partial charge in [0.2, 0.25) is 0 Å². The van der Waals surface area contributed by atoms with Gasteiger partial charge in [0.15, 0.2) is 0 Å². The van der Waals surface area contributed by atoms with Crippen LogP contribution in [-0.4, -0.2) is 52.8 Å². The van der Waals surface area contributed by atoms with Crippen LogP contribution in [0.5, 0.6) is 0 Å². The van der Waals surface area contributed by atoms with Gasteiger partial charge in [-0.3, -0.25) is 14.7 Å². The van der Waals surface area contributed by atoms with Gasteiger partial charge in [0.05, 0.1) is 6.67 Å². The van der Waals surface area contributed by atoms with Gasteiger partial charge in [0.1, 0.15) is 6.04 Å². The van der Waals surface area contributed by atoms with Crippen LogP contribution in [0.3, 0.4) is 0 Å². The second-order valence-corrected chi connectivity index (χ2v) is 4.99. The van der Waals surface area contributed by atoms with E-state index >= 15 is 0 Å². The van der Waals surface area contributed by atoms with Crippen molar-refractivity contribution in [1.29, 1.82) is 0 Å². The summed E-state index contributed by atoms with van der Waals surface area (Å²) in [4.78, 5) is 16.5. The Balaban J connectivity index is 0. The van der Waals surface area contributed by atoms with E-state index in [9.17, 15) is 9.90 Å². The van der Waals surface area contributed by atoms with E-state index in [1.807, 2.05) is 6.08 Å². The van der Waals surface area contributed by atoms with Gasteiger partial charge in [0.25, 0.3) is 0 Å². The zero-order chi connectivity index (χ0) is 16.1. The van der Waals surface area contributed by atoms with Gasteiger partial charge in [-0.05, 0) is 44.9 Å². The molecule has 0 aliphatic rings. The number of unbranched alkanes of at least 4 members (excludes halogenated alkanes) is 3. The minimum atomic E-state index is -0.958. The number of aliphatic imine (C=N–C) groups is 1. The van der Waals surface area contributed by atoms with Crippen molar-refractivity contribution in [3.8, 4) is 0 Å². The third-order valence-corrected chi connectivity index (χ3v) is 3.24. The van der Waals surface area contributed by atoms with Crippen LogP contribution in [0.15, 0.2) is 17.6 Å². The van der Waals surface area contributed by atoms with E-state index in [0.29, 0.717) is 19.4 Å². The molecule has 2 N–H and O–H groups in total. The molecule has 22 heavy (non-hydrogen) atoms. The maximum absolute atomic E-state index is 11.6. The quantitative estimate of drug-likeness (QED) is 0.133. The number of aliphatic carboxylic acids is 1. The Morgan fingerprint density at radius 2 is 2.05 bits per heavy atom. The number of carboxylic acids is 1. The van der Waals surface area contributed by atoms with E-state index < -0.39 is 12.0 Å². The standard InChI is InChI=1S/C15H28N2O4.K/c1-3-4-5-6-7-9-14(19)16-12-17(10-8-11-18)13(2)15(20)21;/h3,13,18H,1,4-12H2,2H3,(H,16,19)(H,20,21);/q;+1/p-1. The molecule has 0 rings (SSSR count). The first-order chi connectivity index (χ1) is 10.0. The summed E-state index contributed by atoms with van der Waals surface area (Å²) >= 11 is 0. The maximum atomic E-state index is 11.6. The first kappa shape index (κ1) is 24.5. The second-order valence-electron chi connectivity index (χ2n) is 4.99. The average Bonchev–Trinajstić information content (AvgIpc) is 2.46. The summed E-state index contributed by atoms with van der Waals surface area (Å²) in [5.41, 5.74) is 0. The summed E-state index contributed by atoms with van der Waals surface area (Å²) in [5, 5.41) is 29.5. The zero-order valence-electron chi connectivity index (χ0n) is 13.8. The molecule has 0 aliphatic carbocycles. The Hall–Kier alpha value is 0.236. The summed E-state index contributed by atoms with van der Waals surface area (Å²) in [7, 11) is 0. The molecular formula is C15H27KN2O4. The summed E-state index contributed by atoms with van der Waals surface area (Å²) in [6.07, 6.45) is 6.45. The van der Waals surface area contributed by atoms with Crippen molar-refractivity contribution in [2.45, 2.75) is 51.5 Å². The Morgan fingerprint density at radius 1 is 1.36 bits per heavy atom. The number of rotatable bonds is 13. The molecule has 122 valence electrons. The molecule has 0 saturated heterocycles. The first-order valence-corrected chi connectivity index (χ1v) is 7.41. The molecule has 6 nitrogen and oxygen atoms in total. The molecule has 0 aromatic carbocycles. The van der Waals surface area contributed by atoms with Gasteiger partial charge < -0.3 is 15.3 Å². The van der Waals surface area contributed by atoms with Crippen LogP contribution in [0.1, 0.15) is 45.4 Å². The normalized spacial score (nSPS) is 12.8. The smallest absolute Gasteiger partial charge is 0.862 e. The summed E-state index contributed by atoms with van der Waals surface area (Å²) in [6.45, 7) is 5.65. The summed E-state index contributed by atoms with van der Waals surface area (Å²) in [5.74, 6) is -1.15. The van der Waals surface area contributed by atoms with Crippen molar-refractivity contribution in [2.24, 2.45) is 4.99 Å². The number of aliphatic hydroxyl groups is 1. The number of carboxylic acid groups (broad SMARTS) is 1. The fraction of sp³-hybridized carbons (Fsp3) is 0.733. The molecule has 1 atom stereocenters. The molecule has 1 unspecified atom stereocenters. The Kier molecular flexibility index (Phi) is 17.9. The largest absolute Gasteiger partial charge is 1.00 e. The van der Waals surface area contributed by atoms with Crippen LogP contribution in [-0.2, 0) is 4.79 Å². The average molecular weight is 338 g/mol. The predicted octanol–water partition coefficient (Wildman–Crippen LogP) is -2.00. The van der Waals surface area contributed by atoms with Crippen LogP contribution < -0.4 is 56.5 Å². The molecule has 0 aromatic rings. The first-order valence-electron chi connectivity index (χ1n) is 7.41. The van der Waals surface area contributed by atoms with Crippen LogP contribution in [0.2, 0.25) is 0 Å². The molecule has 0 amide bonds. The van der Waals surface area contributed by atoms with Gasteiger partial charge >= 0.3 is 57.4 Å². The summed E-state index contributed by atoms with van der Waals surface area (Å²) < 4.78 is 0. The van der Waals surface area contributed by atoms with Crippen LogP contribution in [0, 0.1) is 0 Å². The molecule has 0 saturated carbocycles. The van der Waals surface area contributed by atoms with E-state index in [-0.39, 0.29) is 70.6 Å². The molecular weight excluding hydrogens is 311 g/mol. The van der Waals surface area contributed by atoms with E-state index in [1.54, 1.807) is 11.8 Å². The van der Waals surface area contributed by atoms with Gasteiger partial charge in [-0.1, -0.05) is 12.5 Å². The van der Waals surface area contributed by atoms with E-state index in [0.717, 1.165) is 25.7 Å². The SMILES string of the molecule is C=CCCCCCC([O-])=NCN(CCCO)C(C)C(=O)O.[K+]. The topological polar surface area (TPSA) is 96.2 Å². The molecule has 0 bridgehead atoms. The number of allylic oxidation sites excluding steroid dienone is 1. The number of aliphatic hydroxyl groups excluding tert-OH is 1. The van der Waals surface area contributed by atoms with Gasteiger partial charge in [-0.15, -0.1) is 6.58 Å². The molecule has 7 heteroatoms. The molecule has 0 fully saturated rings. The molecule has 0 radical (unpaired) electrons. The van der Waals surface area contributed by atoms with Crippen molar-refractivity contribution in [2.75, 3.05) is 19.8 Å². The molecule has 0 heterocycles. The number of hydrogen-bond acceptors (Lipinski definition) is 5. The van der Waals surface area contributed by atoms with Gasteiger partial charge in [-0.2, -0.15) is 0 Å². The monoisotopic (exact) mass is 338 g/mol. The van der Waals surface area contributed by atoms with Crippen LogP contribution in [0.25, 0.3) is 0 Å². The fourth-order valence-corrected chi connectivity index (χ4v) is 1.81. The maximum Gasteiger partial charge on any atom is 1.00 e. The molecule has 0 aromatic heterocycles. The van der Waals surface area contributed by atoms with Crippen molar-refractivity contribution in [1.82, 2.24) is 4.90 Å². The Morgan fingerprint density at radius 3 is 2.59 bits per heavy atom. The van der Waals surface area contributed by atoms with Gasteiger partial charge in [-0.25, -0.2) is 0 Å². The van der Waals surface area contributed by atoms with Gasteiger partial charge in [0, 0.05) is 13.2 Å². The third-order valence-electron chi connectivity index (χ3n) is 3.24. The summed E-state index contributed by atoms with van der Waals surface area (Å²) in [6, 6.07) is -0.722. The van der Waals surface area contributed by atoms with Crippen molar-refractivity contribution >= 4 is 11.9 Å². The Labute approximate surface area is 175 Å². The minimum Gasteiger partial charge on any atom is -0.862 e. The van der Waals surface area contributed by atoms with E-state index in [1.165, 1.54) is 0 Å². The number of carbonyl (C=O) groups is 1. The minimum absolute atomic E-state index is 0. The van der Waals surface area contributed by atoms with E-state index in [4.69, 9.17) is 10.2 Å². The van der Waals surface area contributed by atoms with Crippen molar-refractivity contribution in [3.05, 3.63) is 12.7 Å². The number of hydrogen-bond donors (Lipinski definition) is 2. The predicted molar refractivity (Wildman–Crippen MR) is 81.1 cm³/mol. The fourth-order valence-electron chi connectivity index (χ4n) is 1.81. The zero-order valence-corrected chi connectivity index (χ0v) is 17.0. The van der Waals surface area contributed by atoms with Crippen molar-refractivity contribution in [3.63, 3.8) is 0 Å². The molecule has 0 aliphatic heterocycles. The van der Waals surface area contributed by atoms with Crippen molar-refractivity contribution < 1.29 is 71.5 Å². The van der Waals surface area contributed by atoms with E-state index in [2.05, 4.69) is 11.6 Å². The van der Waals surface area contributed by atoms with Crippen LogP contribution >= 0.6 is 0 Å². The second kappa shape index (κ2) is 16.1. The Bertz CT molecular complexity index is 338. The number of nitrogens with zero attached hydrogens (tertiary/aromatic N) is 2. The van der Waals surface area contributed by atoms with Crippen LogP contribution in [0.4, 0.5) is 0 Å². The molecule has 0 spiro atoms.